The summed E-state index contributed by atoms with van der Waals surface area (Å²) >= 11 is 0. The Morgan fingerprint density at radius 2 is 2.05 bits per heavy atom. The van der Waals surface area contributed by atoms with Crippen LogP contribution in [0.4, 0.5) is 5.69 Å². The number of H-pyrrole nitrogens is 1. The zero-order valence-corrected chi connectivity index (χ0v) is 11.4. The molecule has 3 N–H and O–H groups in total. The lowest BCUT2D eigenvalue weighted by atomic mass is 9.98. The Kier molecular flexibility index (Phi) is 3.68. The van der Waals surface area contributed by atoms with Gasteiger partial charge in [0.05, 0.1) is 11.6 Å². The zero-order chi connectivity index (χ0) is 14.7. The van der Waals surface area contributed by atoms with E-state index in [1.54, 1.807) is 6.20 Å². The van der Waals surface area contributed by atoms with Gasteiger partial charge in [-0.2, -0.15) is 5.10 Å². The SMILES string of the molecule is O=C1CCC(C(=O)Nc2ccc(-c3ccn[nH]3)cc2)CN1. The molecule has 1 saturated heterocycles. The van der Waals surface area contributed by atoms with Gasteiger partial charge in [0.1, 0.15) is 0 Å². The largest absolute Gasteiger partial charge is 0.355 e. The van der Waals surface area contributed by atoms with E-state index in [-0.39, 0.29) is 17.7 Å². The first kappa shape index (κ1) is 13.4. The van der Waals surface area contributed by atoms with E-state index >= 15 is 0 Å². The molecule has 1 aliphatic heterocycles. The van der Waals surface area contributed by atoms with Crippen LogP contribution >= 0.6 is 0 Å². The van der Waals surface area contributed by atoms with Gasteiger partial charge < -0.3 is 10.6 Å². The monoisotopic (exact) mass is 284 g/mol. The van der Waals surface area contributed by atoms with Crippen molar-refractivity contribution in [1.29, 1.82) is 0 Å². The van der Waals surface area contributed by atoms with E-state index < -0.39 is 0 Å². The summed E-state index contributed by atoms with van der Waals surface area (Å²) in [5.41, 5.74) is 2.69. The highest BCUT2D eigenvalue weighted by molar-refractivity contribution is 5.94. The molecular formula is C15H16N4O2. The lowest BCUT2D eigenvalue weighted by Crippen LogP contribution is -2.40. The minimum Gasteiger partial charge on any atom is -0.355 e. The highest BCUT2D eigenvalue weighted by Crippen LogP contribution is 2.20. The number of nitrogens with one attached hydrogen (secondary N) is 3. The fourth-order valence-electron chi connectivity index (χ4n) is 2.35. The van der Waals surface area contributed by atoms with Gasteiger partial charge in [-0.3, -0.25) is 14.7 Å². The molecule has 1 aromatic carbocycles. The molecule has 1 atom stereocenters. The first-order chi connectivity index (χ1) is 10.2. The predicted octanol–water partition coefficient (Wildman–Crippen LogP) is 1.54. The molecule has 6 heteroatoms. The normalized spacial score (nSPS) is 18.1. The van der Waals surface area contributed by atoms with E-state index in [4.69, 9.17) is 0 Å². The Balaban J connectivity index is 1.62. The molecule has 1 aliphatic rings. The van der Waals surface area contributed by atoms with Crippen molar-refractivity contribution >= 4 is 17.5 Å². The van der Waals surface area contributed by atoms with E-state index in [1.165, 1.54) is 0 Å². The summed E-state index contributed by atoms with van der Waals surface area (Å²) in [6.45, 7) is 0.414. The number of hydrogen-bond acceptors (Lipinski definition) is 3. The topological polar surface area (TPSA) is 86.9 Å². The number of nitrogens with zero attached hydrogens (tertiary/aromatic N) is 1. The smallest absolute Gasteiger partial charge is 0.229 e. The molecule has 3 rings (SSSR count). The average molecular weight is 284 g/mol. The second kappa shape index (κ2) is 5.78. The maximum atomic E-state index is 12.1. The van der Waals surface area contributed by atoms with Crippen LogP contribution in [0.2, 0.25) is 0 Å². The Labute approximate surface area is 121 Å². The van der Waals surface area contributed by atoms with Gasteiger partial charge in [-0.25, -0.2) is 0 Å². The predicted molar refractivity (Wildman–Crippen MR) is 78.4 cm³/mol. The minimum atomic E-state index is -0.157. The van der Waals surface area contributed by atoms with Crippen molar-refractivity contribution < 1.29 is 9.59 Å². The molecule has 0 saturated carbocycles. The number of carbonyl (C=O) groups is 2. The highest BCUT2D eigenvalue weighted by atomic mass is 16.2. The molecule has 2 heterocycles. The van der Waals surface area contributed by atoms with Crippen molar-refractivity contribution in [2.75, 3.05) is 11.9 Å². The number of anilines is 1. The van der Waals surface area contributed by atoms with Crippen LogP contribution in [-0.2, 0) is 9.59 Å². The summed E-state index contributed by atoms with van der Waals surface area (Å²) in [6, 6.07) is 9.45. The van der Waals surface area contributed by atoms with Gasteiger partial charge in [0, 0.05) is 24.8 Å². The Morgan fingerprint density at radius 3 is 2.67 bits per heavy atom. The fraction of sp³-hybridized carbons (Fsp3) is 0.267. The number of piperidine rings is 1. The quantitative estimate of drug-likeness (QED) is 0.799. The molecule has 1 unspecified atom stereocenters. The summed E-state index contributed by atoms with van der Waals surface area (Å²) in [7, 11) is 0. The van der Waals surface area contributed by atoms with Crippen LogP contribution in [0.25, 0.3) is 11.3 Å². The second-order valence-electron chi connectivity index (χ2n) is 5.08. The van der Waals surface area contributed by atoms with Gasteiger partial charge in [0.2, 0.25) is 11.8 Å². The van der Waals surface area contributed by atoms with Gasteiger partial charge in [-0.1, -0.05) is 12.1 Å². The summed E-state index contributed by atoms with van der Waals surface area (Å²) in [5, 5.41) is 12.4. The molecule has 1 fully saturated rings. The Bertz CT molecular complexity index is 624. The molecule has 6 nitrogen and oxygen atoms in total. The Hall–Kier alpha value is -2.63. The van der Waals surface area contributed by atoms with Crippen LogP contribution in [0, 0.1) is 5.92 Å². The van der Waals surface area contributed by atoms with E-state index in [9.17, 15) is 9.59 Å². The maximum Gasteiger partial charge on any atom is 0.229 e. The fourth-order valence-corrected chi connectivity index (χ4v) is 2.35. The van der Waals surface area contributed by atoms with Crippen molar-refractivity contribution in [3.8, 4) is 11.3 Å². The molecule has 2 amide bonds. The van der Waals surface area contributed by atoms with Crippen LogP contribution in [0.3, 0.4) is 0 Å². The van der Waals surface area contributed by atoms with E-state index in [2.05, 4.69) is 20.8 Å². The number of benzene rings is 1. The van der Waals surface area contributed by atoms with Crippen molar-refractivity contribution in [3.63, 3.8) is 0 Å². The number of rotatable bonds is 3. The number of amides is 2. The summed E-state index contributed by atoms with van der Waals surface area (Å²) in [4.78, 5) is 23.2. The van der Waals surface area contributed by atoms with E-state index in [1.807, 2.05) is 30.3 Å². The molecule has 0 radical (unpaired) electrons. The zero-order valence-electron chi connectivity index (χ0n) is 11.4. The number of aromatic nitrogens is 2. The number of aromatic amines is 1. The lowest BCUT2D eigenvalue weighted by molar-refractivity contribution is -0.126. The van der Waals surface area contributed by atoms with Crippen molar-refractivity contribution in [1.82, 2.24) is 15.5 Å². The van der Waals surface area contributed by atoms with Crippen LogP contribution < -0.4 is 10.6 Å². The maximum absolute atomic E-state index is 12.1. The Morgan fingerprint density at radius 1 is 1.24 bits per heavy atom. The highest BCUT2D eigenvalue weighted by Gasteiger charge is 2.24. The van der Waals surface area contributed by atoms with Gasteiger partial charge >= 0.3 is 0 Å². The molecule has 0 bridgehead atoms. The van der Waals surface area contributed by atoms with Crippen LogP contribution in [-0.4, -0.2) is 28.6 Å². The molecule has 21 heavy (non-hydrogen) atoms. The van der Waals surface area contributed by atoms with Crippen LogP contribution in [0.1, 0.15) is 12.8 Å². The van der Waals surface area contributed by atoms with Gasteiger partial charge in [-0.15, -0.1) is 0 Å². The molecule has 0 spiro atoms. The molecule has 108 valence electrons. The van der Waals surface area contributed by atoms with Gasteiger partial charge in [-0.05, 0) is 30.2 Å². The third-order valence-corrected chi connectivity index (χ3v) is 3.60. The first-order valence-corrected chi connectivity index (χ1v) is 6.90. The van der Waals surface area contributed by atoms with Gasteiger partial charge in [0.25, 0.3) is 0 Å². The van der Waals surface area contributed by atoms with Crippen LogP contribution in [0.15, 0.2) is 36.5 Å². The number of carbonyl (C=O) groups excluding carboxylic acids is 2. The van der Waals surface area contributed by atoms with E-state index in [0.717, 1.165) is 16.9 Å². The summed E-state index contributed by atoms with van der Waals surface area (Å²) in [5.74, 6) is -0.192. The third kappa shape index (κ3) is 3.10. The summed E-state index contributed by atoms with van der Waals surface area (Å²) < 4.78 is 0. The number of hydrogen-bond donors (Lipinski definition) is 3. The standard InChI is InChI=1S/C15H16N4O2/c20-14-6-3-11(9-16-14)15(21)18-12-4-1-10(2-5-12)13-7-8-17-19-13/h1-2,4-5,7-8,11H,3,6,9H2,(H,16,20)(H,17,19)(H,18,21). The summed E-state index contributed by atoms with van der Waals surface area (Å²) in [6.07, 6.45) is 2.71. The van der Waals surface area contributed by atoms with Crippen LogP contribution in [0.5, 0.6) is 0 Å². The second-order valence-corrected chi connectivity index (χ2v) is 5.08. The molecular weight excluding hydrogens is 268 g/mol. The van der Waals surface area contributed by atoms with Crippen molar-refractivity contribution in [3.05, 3.63) is 36.5 Å². The van der Waals surface area contributed by atoms with Crippen molar-refractivity contribution in [2.24, 2.45) is 5.92 Å². The van der Waals surface area contributed by atoms with Gasteiger partial charge in [0.15, 0.2) is 0 Å². The lowest BCUT2D eigenvalue weighted by Gasteiger charge is -2.21. The molecule has 2 aromatic rings. The minimum absolute atomic E-state index is 0.0166. The molecule has 0 aliphatic carbocycles. The third-order valence-electron chi connectivity index (χ3n) is 3.60. The molecule has 1 aromatic heterocycles. The first-order valence-electron chi connectivity index (χ1n) is 6.90. The average Bonchev–Trinajstić information content (AvgIpc) is 3.03. The van der Waals surface area contributed by atoms with Crippen molar-refractivity contribution in [2.45, 2.75) is 12.8 Å². The van der Waals surface area contributed by atoms with E-state index in [0.29, 0.717) is 19.4 Å².